The molecule has 2 N–H and O–H groups in total. The van der Waals surface area contributed by atoms with Crippen LogP contribution < -0.4 is 5.73 Å². The van der Waals surface area contributed by atoms with Crippen molar-refractivity contribution < 1.29 is 0 Å². The number of nitrogens with zero attached hydrogens (tertiary/aromatic N) is 2. The summed E-state index contributed by atoms with van der Waals surface area (Å²) in [6.07, 6.45) is 4.09. The molecule has 1 aromatic rings. The molecule has 1 heterocycles. The fourth-order valence-corrected chi connectivity index (χ4v) is 2.39. The van der Waals surface area contributed by atoms with Crippen LogP contribution in [0.1, 0.15) is 30.0 Å². The molecule has 3 nitrogen and oxygen atoms in total. The highest BCUT2D eigenvalue weighted by molar-refractivity contribution is 7.09. The van der Waals surface area contributed by atoms with Crippen molar-refractivity contribution in [3.8, 4) is 0 Å². The zero-order valence-electron chi connectivity index (χ0n) is 8.57. The topological polar surface area (TPSA) is 42.1 Å². The molecule has 4 heteroatoms. The van der Waals surface area contributed by atoms with Gasteiger partial charge in [0.1, 0.15) is 5.01 Å². The lowest BCUT2D eigenvalue weighted by atomic mass is 9.92. The van der Waals surface area contributed by atoms with Gasteiger partial charge in [-0.05, 0) is 19.9 Å². The van der Waals surface area contributed by atoms with Gasteiger partial charge < -0.3 is 5.73 Å². The Bertz CT molecular complexity index is 293. The first-order valence-corrected chi connectivity index (χ1v) is 6.01. The maximum absolute atomic E-state index is 5.53. The molecule has 0 atom stereocenters. The summed E-state index contributed by atoms with van der Waals surface area (Å²) in [5.41, 5.74) is 6.70. The highest BCUT2D eigenvalue weighted by Crippen LogP contribution is 2.24. The second-order valence-electron chi connectivity index (χ2n) is 3.94. The Labute approximate surface area is 88.9 Å². The van der Waals surface area contributed by atoms with Crippen molar-refractivity contribution in [1.29, 1.82) is 0 Å². The Morgan fingerprint density at radius 3 is 2.93 bits per heavy atom. The summed E-state index contributed by atoms with van der Waals surface area (Å²) in [6.45, 7) is 1.54. The van der Waals surface area contributed by atoms with Crippen LogP contribution in [0.25, 0.3) is 0 Å². The van der Waals surface area contributed by atoms with Gasteiger partial charge in [0.15, 0.2) is 0 Å². The predicted octanol–water partition coefficient (Wildman–Crippen LogP) is 1.59. The van der Waals surface area contributed by atoms with Gasteiger partial charge in [0.25, 0.3) is 0 Å². The van der Waals surface area contributed by atoms with E-state index in [1.807, 2.05) is 0 Å². The highest BCUT2D eigenvalue weighted by atomic mass is 32.1. The molecule has 0 amide bonds. The molecular weight excluding hydrogens is 194 g/mol. The summed E-state index contributed by atoms with van der Waals surface area (Å²) >= 11 is 1.67. The van der Waals surface area contributed by atoms with Crippen molar-refractivity contribution >= 4 is 11.3 Å². The summed E-state index contributed by atoms with van der Waals surface area (Å²) in [5, 5.41) is 3.17. The zero-order valence-corrected chi connectivity index (χ0v) is 9.39. The van der Waals surface area contributed by atoms with Crippen LogP contribution in [-0.4, -0.2) is 23.0 Å². The molecule has 14 heavy (non-hydrogen) atoms. The summed E-state index contributed by atoms with van der Waals surface area (Å²) in [7, 11) is 2.19. The molecule has 1 aliphatic carbocycles. The van der Waals surface area contributed by atoms with Crippen LogP contribution in [0.15, 0.2) is 5.38 Å². The van der Waals surface area contributed by atoms with E-state index in [0.29, 0.717) is 6.54 Å². The molecule has 0 aliphatic heterocycles. The lowest BCUT2D eigenvalue weighted by Gasteiger charge is -2.34. The number of nitrogens with two attached hydrogens (primary N) is 1. The summed E-state index contributed by atoms with van der Waals surface area (Å²) in [5.74, 6) is 0. The first-order valence-electron chi connectivity index (χ1n) is 5.13. The van der Waals surface area contributed by atoms with Crippen molar-refractivity contribution in [3.63, 3.8) is 0 Å². The average molecular weight is 211 g/mol. The van der Waals surface area contributed by atoms with Crippen LogP contribution in [0.5, 0.6) is 0 Å². The molecule has 1 fully saturated rings. The Morgan fingerprint density at radius 2 is 2.43 bits per heavy atom. The van der Waals surface area contributed by atoms with Crippen LogP contribution in [0.4, 0.5) is 0 Å². The smallest absolute Gasteiger partial charge is 0.106 e. The molecule has 0 radical (unpaired) electrons. The van der Waals surface area contributed by atoms with Crippen LogP contribution in [0.2, 0.25) is 0 Å². The van der Waals surface area contributed by atoms with E-state index in [4.69, 9.17) is 5.73 Å². The number of aromatic nitrogens is 1. The van der Waals surface area contributed by atoms with Crippen LogP contribution >= 0.6 is 11.3 Å². The number of thiazole rings is 1. The number of hydrogen-bond donors (Lipinski definition) is 1. The van der Waals surface area contributed by atoms with Gasteiger partial charge in [-0.1, -0.05) is 6.42 Å². The minimum absolute atomic E-state index is 0.567. The molecule has 2 rings (SSSR count). The maximum atomic E-state index is 5.53. The third kappa shape index (κ3) is 2.13. The number of rotatable bonds is 4. The molecule has 1 aromatic heterocycles. The van der Waals surface area contributed by atoms with Gasteiger partial charge >= 0.3 is 0 Å². The molecule has 0 saturated heterocycles. The molecule has 0 unspecified atom stereocenters. The van der Waals surface area contributed by atoms with E-state index in [1.54, 1.807) is 11.3 Å². The average Bonchev–Trinajstić information content (AvgIpc) is 2.48. The van der Waals surface area contributed by atoms with Crippen LogP contribution in [0, 0.1) is 0 Å². The molecule has 0 bridgehead atoms. The van der Waals surface area contributed by atoms with Gasteiger partial charge in [-0.3, -0.25) is 4.90 Å². The number of hydrogen-bond acceptors (Lipinski definition) is 4. The van der Waals surface area contributed by atoms with E-state index < -0.39 is 0 Å². The van der Waals surface area contributed by atoms with E-state index >= 15 is 0 Å². The Kier molecular flexibility index (Phi) is 3.15. The first-order chi connectivity index (χ1) is 6.79. The predicted molar refractivity (Wildman–Crippen MR) is 59.1 cm³/mol. The third-order valence-corrected chi connectivity index (χ3v) is 3.80. The third-order valence-electron chi connectivity index (χ3n) is 2.88. The standard InChI is InChI=1S/C10H17N3S/c1-13(9-3-2-4-9)6-8-7-14-10(5-11)12-8/h7,9H,2-6,11H2,1H3. The van der Waals surface area contributed by atoms with Crippen molar-refractivity contribution in [2.24, 2.45) is 5.73 Å². The van der Waals surface area contributed by atoms with E-state index in [1.165, 1.54) is 25.0 Å². The van der Waals surface area contributed by atoms with E-state index in [9.17, 15) is 0 Å². The molecule has 1 saturated carbocycles. The van der Waals surface area contributed by atoms with Gasteiger partial charge in [-0.2, -0.15) is 0 Å². The lowest BCUT2D eigenvalue weighted by Crippen LogP contribution is -2.36. The van der Waals surface area contributed by atoms with E-state index in [0.717, 1.165) is 17.6 Å². The quantitative estimate of drug-likeness (QED) is 0.822. The Hall–Kier alpha value is -0.450. The van der Waals surface area contributed by atoms with Crippen molar-refractivity contribution in [3.05, 3.63) is 16.1 Å². The fourth-order valence-electron chi connectivity index (χ4n) is 1.73. The molecular formula is C10H17N3S. The fraction of sp³-hybridized carbons (Fsp3) is 0.700. The van der Waals surface area contributed by atoms with Gasteiger partial charge in [-0.25, -0.2) is 4.98 Å². The SMILES string of the molecule is CN(Cc1csc(CN)n1)C1CCC1. The van der Waals surface area contributed by atoms with Crippen LogP contribution in [-0.2, 0) is 13.1 Å². The normalized spacial score (nSPS) is 17.4. The van der Waals surface area contributed by atoms with Crippen LogP contribution in [0.3, 0.4) is 0 Å². The molecule has 0 spiro atoms. The van der Waals surface area contributed by atoms with Crippen molar-refractivity contribution in [1.82, 2.24) is 9.88 Å². The second-order valence-corrected chi connectivity index (χ2v) is 4.88. The lowest BCUT2D eigenvalue weighted by molar-refractivity contribution is 0.151. The van der Waals surface area contributed by atoms with Gasteiger partial charge in [0.2, 0.25) is 0 Å². The Balaban J connectivity index is 1.89. The van der Waals surface area contributed by atoms with Crippen molar-refractivity contribution in [2.45, 2.75) is 38.4 Å². The second kappa shape index (κ2) is 4.38. The summed E-state index contributed by atoms with van der Waals surface area (Å²) < 4.78 is 0. The first kappa shape index (κ1) is 10.1. The van der Waals surface area contributed by atoms with Gasteiger partial charge in [0, 0.05) is 24.5 Å². The zero-order chi connectivity index (χ0) is 9.97. The van der Waals surface area contributed by atoms with E-state index in [-0.39, 0.29) is 0 Å². The largest absolute Gasteiger partial charge is 0.325 e. The monoisotopic (exact) mass is 211 g/mol. The Morgan fingerprint density at radius 1 is 1.64 bits per heavy atom. The summed E-state index contributed by atoms with van der Waals surface area (Å²) in [6, 6.07) is 0.790. The highest BCUT2D eigenvalue weighted by Gasteiger charge is 2.22. The van der Waals surface area contributed by atoms with Crippen molar-refractivity contribution in [2.75, 3.05) is 7.05 Å². The van der Waals surface area contributed by atoms with E-state index in [2.05, 4.69) is 22.3 Å². The minimum atomic E-state index is 0.567. The minimum Gasteiger partial charge on any atom is -0.325 e. The maximum Gasteiger partial charge on any atom is 0.106 e. The van der Waals surface area contributed by atoms with Gasteiger partial charge in [-0.15, -0.1) is 11.3 Å². The van der Waals surface area contributed by atoms with Gasteiger partial charge in [0.05, 0.1) is 5.69 Å². The molecule has 1 aliphatic rings. The molecule has 0 aromatic carbocycles. The summed E-state index contributed by atoms with van der Waals surface area (Å²) in [4.78, 5) is 6.86. The molecule has 78 valence electrons.